The van der Waals surface area contributed by atoms with Crippen molar-refractivity contribution in [3.8, 4) is 0 Å². The van der Waals surface area contributed by atoms with Crippen LogP contribution in [-0.4, -0.2) is 22.1 Å². The van der Waals surface area contributed by atoms with E-state index in [-0.39, 0.29) is 5.02 Å². The highest BCUT2D eigenvalue weighted by atomic mass is 35.5. The van der Waals surface area contributed by atoms with E-state index in [4.69, 9.17) is 16.7 Å². The van der Waals surface area contributed by atoms with Crippen LogP contribution in [0.3, 0.4) is 0 Å². The second kappa shape index (κ2) is 6.03. The summed E-state index contributed by atoms with van der Waals surface area (Å²) in [5.74, 6) is -1.18. The minimum atomic E-state index is -1.08. The molecule has 0 aliphatic rings. The minimum absolute atomic E-state index is 0.273. The molecule has 0 radical (unpaired) electrons. The highest BCUT2D eigenvalue weighted by Crippen LogP contribution is 2.20. The highest BCUT2D eigenvalue weighted by molar-refractivity contribution is 6.32. The molecular formula is C13H9ClN2O4. The van der Waals surface area contributed by atoms with Crippen LogP contribution in [0.4, 0.5) is 5.82 Å². The maximum atomic E-state index is 11.9. The van der Waals surface area contributed by atoms with Gasteiger partial charge in [0.2, 0.25) is 0 Å². The standard InChI is InChI=1S/C13H9ClN2O4/c14-10-7-9(2-1-8(10)3-4-12(17)18)13(19)15-11-5-6-20-16-11/h1-7H,(H,17,18)(H,15,16,19)/b4-3+. The van der Waals surface area contributed by atoms with E-state index in [0.717, 1.165) is 6.08 Å². The van der Waals surface area contributed by atoms with E-state index in [1.165, 1.54) is 30.5 Å². The second-order valence-electron chi connectivity index (χ2n) is 3.75. The van der Waals surface area contributed by atoms with Gasteiger partial charge in [0, 0.05) is 22.7 Å². The van der Waals surface area contributed by atoms with Gasteiger partial charge < -0.3 is 14.9 Å². The molecular weight excluding hydrogens is 284 g/mol. The molecule has 2 rings (SSSR count). The first-order valence-electron chi connectivity index (χ1n) is 5.48. The summed E-state index contributed by atoms with van der Waals surface area (Å²) in [6, 6.07) is 6.03. The van der Waals surface area contributed by atoms with E-state index in [0.29, 0.717) is 16.9 Å². The van der Waals surface area contributed by atoms with Crippen molar-refractivity contribution in [2.75, 3.05) is 5.32 Å². The average molecular weight is 293 g/mol. The third-order valence-electron chi connectivity index (χ3n) is 2.35. The molecule has 0 aliphatic carbocycles. The largest absolute Gasteiger partial charge is 0.478 e. The first-order valence-corrected chi connectivity index (χ1v) is 5.86. The molecule has 2 aromatic rings. The van der Waals surface area contributed by atoms with Crippen molar-refractivity contribution in [2.45, 2.75) is 0 Å². The number of anilines is 1. The van der Waals surface area contributed by atoms with Crippen LogP contribution in [0.1, 0.15) is 15.9 Å². The van der Waals surface area contributed by atoms with Gasteiger partial charge in [-0.15, -0.1) is 0 Å². The molecule has 20 heavy (non-hydrogen) atoms. The van der Waals surface area contributed by atoms with Crippen LogP contribution in [0.15, 0.2) is 41.1 Å². The summed E-state index contributed by atoms with van der Waals surface area (Å²) < 4.78 is 4.59. The van der Waals surface area contributed by atoms with Crippen molar-refractivity contribution in [1.29, 1.82) is 0 Å². The van der Waals surface area contributed by atoms with E-state index in [2.05, 4.69) is 15.0 Å². The minimum Gasteiger partial charge on any atom is -0.478 e. The van der Waals surface area contributed by atoms with Crippen molar-refractivity contribution < 1.29 is 19.2 Å². The molecule has 2 N–H and O–H groups in total. The van der Waals surface area contributed by atoms with Gasteiger partial charge in [-0.1, -0.05) is 22.8 Å². The zero-order valence-corrected chi connectivity index (χ0v) is 10.8. The highest BCUT2D eigenvalue weighted by Gasteiger charge is 2.09. The van der Waals surface area contributed by atoms with Crippen LogP contribution < -0.4 is 5.32 Å². The van der Waals surface area contributed by atoms with Crippen LogP contribution in [0.25, 0.3) is 6.08 Å². The molecule has 0 aliphatic heterocycles. The van der Waals surface area contributed by atoms with Crippen LogP contribution in [-0.2, 0) is 4.79 Å². The number of nitrogens with one attached hydrogen (secondary N) is 1. The molecule has 0 atom stereocenters. The molecule has 1 heterocycles. The lowest BCUT2D eigenvalue weighted by molar-refractivity contribution is -0.131. The Labute approximate surface area is 118 Å². The van der Waals surface area contributed by atoms with Crippen molar-refractivity contribution in [1.82, 2.24) is 5.16 Å². The van der Waals surface area contributed by atoms with Gasteiger partial charge in [0.15, 0.2) is 5.82 Å². The van der Waals surface area contributed by atoms with E-state index >= 15 is 0 Å². The Kier molecular flexibility index (Phi) is 4.17. The number of carbonyl (C=O) groups excluding carboxylic acids is 1. The lowest BCUT2D eigenvalue weighted by atomic mass is 10.1. The molecule has 0 bridgehead atoms. The van der Waals surface area contributed by atoms with Gasteiger partial charge >= 0.3 is 5.97 Å². The fraction of sp³-hybridized carbons (Fsp3) is 0. The fourth-order valence-electron chi connectivity index (χ4n) is 1.43. The molecule has 0 spiro atoms. The zero-order chi connectivity index (χ0) is 14.5. The number of aliphatic carboxylic acids is 1. The summed E-state index contributed by atoms with van der Waals surface area (Å²) in [4.78, 5) is 22.3. The molecule has 6 nitrogen and oxygen atoms in total. The van der Waals surface area contributed by atoms with Crippen molar-refractivity contribution >= 4 is 35.4 Å². The molecule has 0 saturated carbocycles. The van der Waals surface area contributed by atoms with Gasteiger partial charge in [-0.05, 0) is 23.8 Å². The summed E-state index contributed by atoms with van der Waals surface area (Å²) in [6.45, 7) is 0. The summed E-state index contributed by atoms with van der Waals surface area (Å²) in [5.41, 5.74) is 0.831. The topological polar surface area (TPSA) is 92.4 Å². The Balaban J connectivity index is 2.16. The summed E-state index contributed by atoms with van der Waals surface area (Å²) in [6.07, 6.45) is 3.66. The van der Waals surface area contributed by atoms with E-state index in [9.17, 15) is 9.59 Å². The lowest BCUT2D eigenvalue weighted by Gasteiger charge is -2.04. The average Bonchev–Trinajstić information content (AvgIpc) is 2.89. The van der Waals surface area contributed by atoms with Crippen molar-refractivity contribution in [3.63, 3.8) is 0 Å². The Hall–Kier alpha value is -2.60. The number of benzene rings is 1. The van der Waals surface area contributed by atoms with E-state index in [1.54, 1.807) is 6.07 Å². The molecule has 0 saturated heterocycles. The molecule has 1 aromatic carbocycles. The van der Waals surface area contributed by atoms with Crippen LogP contribution in [0.5, 0.6) is 0 Å². The van der Waals surface area contributed by atoms with Gasteiger partial charge in [0.25, 0.3) is 5.91 Å². The molecule has 0 fully saturated rings. The summed E-state index contributed by atoms with van der Waals surface area (Å²) >= 11 is 5.98. The summed E-state index contributed by atoms with van der Waals surface area (Å²) in [7, 11) is 0. The smallest absolute Gasteiger partial charge is 0.328 e. The number of aromatic nitrogens is 1. The normalized spacial score (nSPS) is 10.7. The number of amides is 1. The van der Waals surface area contributed by atoms with Crippen LogP contribution in [0.2, 0.25) is 5.02 Å². The number of halogens is 1. The number of carboxylic acids is 1. The number of carbonyl (C=O) groups is 2. The monoisotopic (exact) mass is 292 g/mol. The number of hydrogen-bond acceptors (Lipinski definition) is 4. The zero-order valence-electron chi connectivity index (χ0n) is 10.0. The number of nitrogens with zero attached hydrogens (tertiary/aromatic N) is 1. The molecule has 0 unspecified atom stereocenters. The van der Waals surface area contributed by atoms with E-state index in [1.807, 2.05) is 0 Å². The SMILES string of the molecule is O=C(O)/C=C/c1ccc(C(=O)Nc2ccon2)cc1Cl. The van der Waals surface area contributed by atoms with Crippen molar-refractivity contribution in [3.05, 3.63) is 52.8 Å². The quantitative estimate of drug-likeness (QED) is 0.845. The second-order valence-corrected chi connectivity index (χ2v) is 4.15. The maximum absolute atomic E-state index is 11.9. The number of hydrogen-bond donors (Lipinski definition) is 2. The molecule has 7 heteroatoms. The first-order chi connectivity index (χ1) is 9.56. The number of carboxylic acid groups (broad SMARTS) is 1. The predicted octanol–water partition coefficient (Wildman–Crippen LogP) is 2.68. The third kappa shape index (κ3) is 3.46. The number of rotatable bonds is 4. The lowest BCUT2D eigenvalue weighted by Crippen LogP contribution is -2.12. The van der Waals surface area contributed by atoms with Crippen LogP contribution in [0, 0.1) is 0 Å². The maximum Gasteiger partial charge on any atom is 0.328 e. The Morgan fingerprint density at radius 3 is 2.75 bits per heavy atom. The molecule has 102 valence electrons. The van der Waals surface area contributed by atoms with Gasteiger partial charge in [-0.3, -0.25) is 4.79 Å². The predicted molar refractivity (Wildman–Crippen MR) is 72.6 cm³/mol. The fourth-order valence-corrected chi connectivity index (χ4v) is 1.67. The van der Waals surface area contributed by atoms with Crippen LogP contribution >= 0.6 is 11.6 Å². The third-order valence-corrected chi connectivity index (χ3v) is 2.67. The Morgan fingerprint density at radius 2 is 2.15 bits per heavy atom. The van der Waals surface area contributed by atoms with Gasteiger partial charge in [-0.25, -0.2) is 4.79 Å². The van der Waals surface area contributed by atoms with Gasteiger partial charge in [0.05, 0.1) is 0 Å². The first kappa shape index (κ1) is 13.8. The molecule has 1 amide bonds. The summed E-state index contributed by atoms with van der Waals surface area (Å²) in [5, 5.41) is 14.9. The van der Waals surface area contributed by atoms with Gasteiger partial charge in [0.1, 0.15) is 6.26 Å². The van der Waals surface area contributed by atoms with E-state index < -0.39 is 11.9 Å². The Morgan fingerprint density at radius 1 is 1.35 bits per heavy atom. The molecule has 1 aromatic heterocycles. The van der Waals surface area contributed by atoms with Gasteiger partial charge in [-0.2, -0.15) is 0 Å². The Bertz CT molecular complexity index is 665. The van der Waals surface area contributed by atoms with Crippen molar-refractivity contribution in [2.24, 2.45) is 0 Å².